The van der Waals surface area contributed by atoms with Crippen LogP contribution in [0.25, 0.3) is 0 Å². The largest absolute Gasteiger partial charge is 0.385 e. The summed E-state index contributed by atoms with van der Waals surface area (Å²) in [4.78, 5) is 12.9. The average molecular weight is 449 g/mol. The topological polar surface area (TPSA) is 41.1 Å². The molecule has 0 aromatic heterocycles. The fourth-order valence-corrected chi connectivity index (χ4v) is 3.99. The Morgan fingerprint density at radius 1 is 0.500 bits per heavy atom. The Morgan fingerprint density at radius 2 is 0.882 bits per heavy atom. The number of nitrogens with one attached hydrogen (secondary N) is 2. The van der Waals surface area contributed by atoms with Gasteiger partial charge in [-0.1, -0.05) is 60.7 Å². The molecule has 2 N–H and O–H groups in total. The summed E-state index contributed by atoms with van der Waals surface area (Å²) in [6.45, 7) is 1.81. The fourth-order valence-electron chi connectivity index (χ4n) is 3.99. The number of ketones is 1. The van der Waals surface area contributed by atoms with Gasteiger partial charge >= 0.3 is 0 Å². The number of hydrogen-bond donors (Lipinski definition) is 2. The smallest absolute Gasteiger partial charge is 0.193 e. The summed E-state index contributed by atoms with van der Waals surface area (Å²) < 4.78 is 0. The second-order valence-electron chi connectivity index (χ2n) is 8.52. The first-order chi connectivity index (χ1) is 16.8. The molecule has 0 fully saturated rings. The zero-order valence-corrected chi connectivity index (χ0v) is 19.5. The Bertz CT molecular complexity index is 1040. The first-order valence-electron chi connectivity index (χ1n) is 12.1. The predicted molar refractivity (Wildman–Crippen MR) is 143 cm³/mol. The molecule has 0 radical (unpaired) electrons. The van der Waals surface area contributed by atoms with Crippen molar-refractivity contribution in [1.82, 2.24) is 0 Å². The molecule has 4 aromatic rings. The molecule has 0 saturated heterocycles. The molecule has 0 aliphatic rings. The maximum Gasteiger partial charge on any atom is 0.193 e. The first-order valence-corrected chi connectivity index (χ1v) is 12.1. The van der Waals surface area contributed by atoms with Crippen LogP contribution < -0.4 is 10.6 Å². The molecule has 3 nitrogen and oxygen atoms in total. The Morgan fingerprint density at radius 3 is 1.26 bits per heavy atom. The normalized spacial score (nSPS) is 10.6. The van der Waals surface area contributed by atoms with Crippen molar-refractivity contribution in [3.05, 3.63) is 131 Å². The summed E-state index contributed by atoms with van der Waals surface area (Å²) in [5.41, 5.74) is 6.22. The number of carbonyl (C=O) groups excluding carboxylic acids is 1. The van der Waals surface area contributed by atoms with Gasteiger partial charge in [0.05, 0.1) is 0 Å². The molecule has 0 atom stereocenters. The molecule has 172 valence electrons. The number of carbonyl (C=O) groups is 1. The van der Waals surface area contributed by atoms with Gasteiger partial charge in [0, 0.05) is 35.6 Å². The molecular weight excluding hydrogens is 416 g/mol. The van der Waals surface area contributed by atoms with E-state index in [0.717, 1.165) is 50.1 Å². The fraction of sp³-hybridized carbons (Fsp3) is 0.194. The standard InChI is InChI=1S/C31H32N2O/c34-31(27-15-19-29(20-16-27)32-23-7-13-25-9-3-1-4-10-25)28-17-21-30(22-18-28)33-24-8-14-26-11-5-2-6-12-26/h1-6,9-12,15-22,32-33H,7-8,13-14,23-24H2. The summed E-state index contributed by atoms with van der Waals surface area (Å²) in [6.07, 6.45) is 4.25. The third-order valence-electron chi connectivity index (χ3n) is 5.92. The van der Waals surface area contributed by atoms with Crippen LogP contribution in [-0.2, 0) is 12.8 Å². The van der Waals surface area contributed by atoms with E-state index in [0.29, 0.717) is 11.1 Å². The Labute approximate surface area is 202 Å². The van der Waals surface area contributed by atoms with Crippen LogP contribution in [0.15, 0.2) is 109 Å². The zero-order chi connectivity index (χ0) is 23.4. The van der Waals surface area contributed by atoms with Crippen LogP contribution in [0.1, 0.15) is 39.9 Å². The summed E-state index contributed by atoms with van der Waals surface area (Å²) in [5.74, 6) is 0.0475. The van der Waals surface area contributed by atoms with Crippen LogP contribution in [0.2, 0.25) is 0 Å². The van der Waals surface area contributed by atoms with Crippen LogP contribution in [0, 0.1) is 0 Å². The summed E-state index contributed by atoms with van der Waals surface area (Å²) in [5, 5.41) is 6.89. The molecule has 0 saturated carbocycles. The van der Waals surface area contributed by atoms with Gasteiger partial charge in [-0.15, -0.1) is 0 Å². The second-order valence-corrected chi connectivity index (χ2v) is 8.52. The van der Waals surface area contributed by atoms with Gasteiger partial charge in [0.25, 0.3) is 0 Å². The molecule has 4 rings (SSSR count). The minimum atomic E-state index is 0.0475. The van der Waals surface area contributed by atoms with E-state index < -0.39 is 0 Å². The van der Waals surface area contributed by atoms with Crippen LogP contribution in [-0.4, -0.2) is 18.9 Å². The maximum absolute atomic E-state index is 12.9. The monoisotopic (exact) mass is 448 g/mol. The number of anilines is 2. The molecule has 0 aliphatic carbocycles. The number of rotatable bonds is 12. The molecule has 0 heterocycles. The van der Waals surface area contributed by atoms with Gasteiger partial charge in [0.15, 0.2) is 5.78 Å². The van der Waals surface area contributed by atoms with Crippen molar-refractivity contribution >= 4 is 17.2 Å². The van der Waals surface area contributed by atoms with E-state index in [2.05, 4.69) is 59.2 Å². The summed E-state index contributed by atoms with van der Waals surface area (Å²) >= 11 is 0. The van der Waals surface area contributed by atoms with Crippen molar-refractivity contribution in [2.75, 3.05) is 23.7 Å². The molecule has 3 heteroatoms. The van der Waals surface area contributed by atoms with E-state index in [4.69, 9.17) is 0 Å². The van der Waals surface area contributed by atoms with Gasteiger partial charge in [0.1, 0.15) is 0 Å². The van der Waals surface area contributed by atoms with E-state index in [9.17, 15) is 4.79 Å². The number of benzene rings is 4. The predicted octanol–water partition coefficient (Wildman–Crippen LogP) is 7.01. The number of hydrogen-bond acceptors (Lipinski definition) is 3. The van der Waals surface area contributed by atoms with Crippen LogP contribution in [0.3, 0.4) is 0 Å². The number of aryl methyl sites for hydroxylation is 2. The van der Waals surface area contributed by atoms with Crippen molar-refractivity contribution in [1.29, 1.82) is 0 Å². The van der Waals surface area contributed by atoms with Crippen molar-refractivity contribution in [2.24, 2.45) is 0 Å². The van der Waals surface area contributed by atoms with Gasteiger partial charge < -0.3 is 10.6 Å². The highest BCUT2D eigenvalue weighted by Crippen LogP contribution is 2.17. The minimum absolute atomic E-state index is 0.0475. The Hall–Kier alpha value is -3.85. The molecule has 0 spiro atoms. The first kappa shape index (κ1) is 23.3. The lowest BCUT2D eigenvalue weighted by atomic mass is 10.0. The van der Waals surface area contributed by atoms with Crippen molar-refractivity contribution in [3.8, 4) is 0 Å². The summed E-state index contributed by atoms with van der Waals surface area (Å²) in [6, 6.07) is 36.6. The Kier molecular flexibility index (Phi) is 8.51. The molecule has 34 heavy (non-hydrogen) atoms. The Balaban J connectivity index is 1.20. The van der Waals surface area contributed by atoms with E-state index in [1.807, 2.05) is 60.7 Å². The zero-order valence-electron chi connectivity index (χ0n) is 19.5. The van der Waals surface area contributed by atoms with E-state index >= 15 is 0 Å². The maximum atomic E-state index is 12.9. The van der Waals surface area contributed by atoms with Crippen LogP contribution in [0.4, 0.5) is 11.4 Å². The van der Waals surface area contributed by atoms with E-state index in [1.54, 1.807) is 0 Å². The SMILES string of the molecule is O=C(c1ccc(NCCCc2ccccc2)cc1)c1ccc(NCCCc2ccccc2)cc1. The lowest BCUT2D eigenvalue weighted by Crippen LogP contribution is -2.05. The molecule has 0 aliphatic heterocycles. The van der Waals surface area contributed by atoms with Crippen LogP contribution in [0.5, 0.6) is 0 Å². The highest BCUT2D eigenvalue weighted by atomic mass is 16.1. The van der Waals surface area contributed by atoms with E-state index in [-0.39, 0.29) is 5.78 Å². The van der Waals surface area contributed by atoms with Crippen molar-refractivity contribution < 1.29 is 4.79 Å². The molecule has 4 aromatic carbocycles. The lowest BCUT2D eigenvalue weighted by molar-refractivity contribution is 0.103. The summed E-state index contributed by atoms with van der Waals surface area (Å²) in [7, 11) is 0. The highest BCUT2D eigenvalue weighted by molar-refractivity contribution is 6.09. The third-order valence-corrected chi connectivity index (χ3v) is 5.92. The van der Waals surface area contributed by atoms with Gasteiger partial charge in [-0.25, -0.2) is 0 Å². The van der Waals surface area contributed by atoms with Gasteiger partial charge in [-0.2, -0.15) is 0 Å². The van der Waals surface area contributed by atoms with Gasteiger partial charge in [-0.3, -0.25) is 4.79 Å². The minimum Gasteiger partial charge on any atom is -0.385 e. The highest BCUT2D eigenvalue weighted by Gasteiger charge is 2.09. The average Bonchev–Trinajstić information content (AvgIpc) is 2.91. The molecular formula is C31H32N2O. The third kappa shape index (κ3) is 7.08. The second kappa shape index (κ2) is 12.4. The van der Waals surface area contributed by atoms with Crippen LogP contribution >= 0.6 is 0 Å². The molecule has 0 amide bonds. The quantitative estimate of drug-likeness (QED) is 0.181. The molecule has 0 bridgehead atoms. The molecule has 0 unspecified atom stereocenters. The van der Waals surface area contributed by atoms with Crippen molar-refractivity contribution in [3.63, 3.8) is 0 Å². The van der Waals surface area contributed by atoms with Crippen molar-refractivity contribution in [2.45, 2.75) is 25.7 Å². The lowest BCUT2D eigenvalue weighted by Gasteiger charge is -2.09. The van der Waals surface area contributed by atoms with Gasteiger partial charge in [-0.05, 0) is 85.3 Å². The van der Waals surface area contributed by atoms with E-state index in [1.165, 1.54) is 11.1 Å². The van der Waals surface area contributed by atoms with Gasteiger partial charge in [0.2, 0.25) is 0 Å².